The Hall–Kier alpha value is -1.81. The van der Waals surface area contributed by atoms with Gasteiger partial charge in [-0.05, 0) is 0 Å². The second kappa shape index (κ2) is 6.98. The molecule has 3 rings (SSSR count). The smallest absolute Gasteiger partial charge is 0.167 e. The molecule has 1 fully saturated rings. The third kappa shape index (κ3) is 2.73. The van der Waals surface area contributed by atoms with E-state index in [0.717, 1.165) is 5.82 Å². The van der Waals surface area contributed by atoms with Crippen LogP contribution in [-0.4, -0.2) is 79.9 Å². The lowest BCUT2D eigenvalue weighted by atomic mass is 10.1. The van der Waals surface area contributed by atoms with Gasteiger partial charge in [-0.1, -0.05) is 0 Å². The van der Waals surface area contributed by atoms with Crippen LogP contribution in [0.2, 0.25) is 0 Å². The van der Waals surface area contributed by atoms with Crippen LogP contribution in [0.3, 0.4) is 0 Å². The highest BCUT2D eigenvalue weighted by Gasteiger charge is 2.46. The highest BCUT2D eigenvalue weighted by Crippen LogP contribution is 2.35. The zero-order valence-corrected chi connectivity index (χ0v) is 14.5. The fraction of sp³-hybridized carbons (Fsp3) is 0.667. The Kier molecular flexibility index (Phi) is 4.95. The maximum Gasteiger partial charge on any atom is 0.167 e. The van der Waals surface area contributed by atoms with E-state index >= 15 is 0 Å². The molecule has 1 aliphatic heterocycles. The zero-order valence-electron chi connectivity index (χ0n) is 14.5. The molecule has 0 bridgehead atoms. The van der Waals surface area contributed by atoms with Crippen molar-refractivity contribution in [3.8, 4) is 0 Å². The number of rotatable bonds is 6. The maximum atomic E-state index is 6.14. The Morgan fingerprint density at radius 1 is 1.12 bits per heavy atom. The first-order valence-electron chi connectivity index (χ1n) is 7.67. The van der Waals surface area contributed by atoms with Crippen molar-refractivity contribution in [1.82, 2.24) is 19.5 Å². The van der Waals surface area contributed by atoms with E-state index in [0.29, 0.717) is 17.8 Å². The summed E-state index contributed by atoms with van der Waals surface area (Å²) >= 11 is 0. The molecule has 9 nitrogen and oxygen atoms in total. The molecule has 1 aliphatic rings. The monoisotopic (exact) mass is 337 g/mol. The van der Waals surface area contributed by atoms with Gasteiger partial charge >= 0.3 is 0 Å². The first-order chi connectivity index (χ1) is 11.6. The van der Waals surface area contributed by atoms with Crippen LogP contribution in [0, 0.1) is 0 Å². The van der Waals surface area contributed by atoms with Crippen LogP contribution < -0.4 is 4.90 Å². The summed E-state index contributed by atoms with van der Waals surface area (Å²) in [5, 5.41) is 0. The highest BCUT2D eigenvalue weighted by atomic mass is 16.6. The summed E-state index contributed by atoms with van der Waals surface area (Å²) in [5.74, 6) is 0.752. The van der Waals surface area contributed by atoms with Gasteiger partial charge in [0.15, 0.2) is 23.2 Å². The van der Waals surface area contributed by atoms with E-state index in [2.05, 4.69) is 15.0 Å². The van der Waals surface area contributed by atoms with Crippen molar-refractivity contribution in [1.29, 1.82) is 0 Å². The number of anilines is 1. The SMILES string of the molecule is COC[C@@H]1O[C@H](n2cnc3c(N(C)C)ncnc32)[C@H](OC)[C@@H]1OC. The number of fused-ring (bicyclic) bond motifs is 1. The van der Waals surface area contributed by atoms with Crippen molar-refractivity contribution in [2.75, 3.05) is 46.9 Å². The van der Waals surface area contributed by atoms with Gasteiger partial charge in [-0.2, -0.15) is 0 Å². The lowest BCUT2D eigenvalue weighted by Crippen LogP contribution is -2.36. The molecule has 0 aromatic carbocycles. The fourth-order valence-corrected chi connectivity index (χ4v) is 3.12. The fourth-order valence-electron chi connectivity index (χ4n) is 3.12. The highest BCUT2D eigenvalue weighted by molar-refractivity contribution is 5.83. The Morgan fingerprint density at radius 2 is 1.88 bits per heavy atom. The zero-order chi connectivity index (χ0) is 17.3. The van der Waals surface area contributed by atoms with Crippen molar-refractivity contribution in [3.05, 3.63) is 12.7 Å². The molecule has 2 aromatic rings. The van der Waals surface area contributed by atoms with E-state index in [9.17, 15) is 0 Å². The van der Waals surface area contributed by atoms with E-state index < -0.39 is 6.23 Å². The number of hydrogen-bond acceptors (Lipinski definition) is 8. The van der Waals surface area contributed by atoms with Gasteiger partial charge < -0.3 is 23.8 Å². The van der Waals surface area contributed by atoms with Crippen LogP contribution in [0.25, 0.3) is 11.2 Å². The van der Waals surface area contributed by atoms with E-state index in [1.807, 2.05) is 23.6 Å². The summed E-state index contributed by atoms with van der Waals surface area (Å²) in [6.45, 7) is 0.416. The largest absolute Gasteiger partial charge is 0.382 e. The average molecular weight is 337 g/mol. The molecule has 0 N–H and O–H groups in total. The van der Waals surface area contributed by atoms with Crippen molar-refractivity contribution in [3.63, 3.8) is 0 Å². The minimum Gasteiger partial charge on any atom is -0.382 e. The molecule has 132 valence electrons. The normalized spacial score (nSPS) is 27.0. The van der Waals surface area contributed by atoms with Gasteiger partial charge in [0.25, 0.3) is 0 Å². The molecule has 2 aromatic heterocycles. The van der Waals surface area contributed by atoms with Gasteiger partial charge in [-0.15, -0.1) is 0 Å². The molecule has 3 heterocycles. The van der Waals surface area contributed by atoms with Gasteiger partial charge in [0, 0.05) is 35.4 Å². The number of methoxy groups -OCH3 is 3. The number of ether oxygens (including phenoxy) is 4. The lowest BCUT2D eigenvalue weighted by Gasteiger charge is -2.22. The summed E-state index contributed by atoms with van der Waals surface area (Å²) in [5.41, 5.74) is 1.40. The Morgan fingerprint density at radius 3 is 2.50 bits per heavy atom. The van der Waals surface area contributed by atoms with Crippen LogP contribution in [-0.2, 0) is 18.9 Å². The van der Waals surface area contributed by atoms with Crippen LogP contribution in [0.5, 0.6) is 0 Å². The topological polar surface area (TPSA) is 83.8 Å². The van der Waals surface area contributed by atoms with Crippen molar-refractivity contribution >= 4 is 17.0 Å². The van der Waals surface area contributed by atoms with Crippen LogP contribution in [0.1, 0.15) is 6.23 Å². The minimum absolute atomic E-state index is 0.234. The Balaban J connectivity index is 2.01. The third-order valence-corrected chi connectivity index (χ3v) is 4.20. The number of aromatic nitrogens is 4. The Labute approximate surface area is 140 Å². The molecule has 4 atom stereocenters. The summed E-state index contributed by atoms with van der Waals surface area (Å²) in [7, 11) is 8.75. The van der Waals surface area contributed by atoms with Crippen molar-refractivity contribution < 1.29 is 18.9 Å². The van der Waals surface area contributed by atoms with E-state index in [1.165, 1.54) is 6.33 Å². The number of hydrogen-bond donors (Lipinski definition) is 0. The van der Waals surface area contributed by atoms with Crippen LogP contribution in [0.15, 0.2) is 12.7 Å². The standard InChI is InChI=1S/C15H23N5O4/c1-19(2)13-10-14(17-7-16-13)20(8-18-10)15-12(23-5)11(22-4)9(24-15)6-21-3/h7-9,11-12,15H,6H2,1-5H3/t9-,11+,12+,15-/m0/s1. The molecule has 0 saturated carbocycles. The maximum absolute atomic E-state index is 6.14. The first kappa shape index (κ1) is 17.0. The Bertz CT molecular complexity index is 692. The molecular weight excluding hydrogens is 314 g/mol. The van der Waals surface area contributed by atoms with Crippen LogP contribution in [0.4, 0.5) is 5.82 Å². The van der Waals surface area contributed by atoms with Crippen LogP contribution >= 0.6 is 0 Å². The molecule has 0 unspecified atom stereocenters. The summed E-state index contributed by atoms with van der Waals surface area (Å²) in [6, 6.07) is 0. The van der Waals surface area contributed by atoms with E-state index in [1.54, 1.807) is 27.7 Å². The molecular formula is C15H23N5O4. The third-order valence-electron chi connectivity index (χ3n) is 4.20. The molecule has 9 heteroatoms. The van der Waals surface area contributed by atoms with Crippen molar-refractivity contribution in [2.45, 2.75) is 24.5 Å². The summed E-state index contributed by atoms with van der Waals surface area (Å²) in [4.78, 5) is 15.0. The quantitative estimate of drug-likeness (QED) is 0.752. The average Bonchev–Trinajstić information content (AvgIpc) is 3.15. The molecule has 1 saturated heterocycles. The predicted molar refractivity (Wildman–Crippen MR) is 87.0 cm³/mol. The lowest BCUT2D eigenvalue weighted by molar-refractivity contribution is -0.0636. The van der Waals surface area contributed by atoms with E-state index in [-0.39, 0.29) is 18.3 Å². The predicted octanol–water partition coefficient (Wildman–Crippen LogP) is 0.466. The van der Waals surface area contributed by atoms with Gasteiger partial charge in [0.05, 0.1) is 12.9 Å². The summed E-state index contributed by atoms with van der Waals surface area (Å²) in [6.07, 6.45) is 2.04. The minimum atomic E-state index is -0.407. The van der Waals surface area contributed by atoms with Gasteiger partial charge in [0.1, 0.15) is 24.6 Å². The molecule has 0 spiro atoms. The van der Waals surface area contributed by atoms with E-state index in [4.69, 9.17) is 18.9 Å². The van der Waals surface area contributed by atoms with Gasteiger partial charge in [-0.25, -0.2) is 15.0 Å². The molecule has 0 aliphatic carbocycles. The summed E-state index contributed by atoms with van der Waals surface area (Å²) < 4.78 is 24.5. The van der Waals surface area contributed by atoms with Gasteiger partial charge in [-0.3, -0.25) is 4.57 Å². The van der Waals surface area contributed by atoms with Crippen molar-refractivity contribution in [2.24, 2.45) is 0 Å². The molecule has 0 radical (unpaired) electrons. The molecule has 24 heavy (non-hydrogen) atoms. The second-order valence-corrected chi connectivity index (χ2v) is 5.84. The molecule has 0 amide bonds. The number of nitrogens with zero attached hydrogens (tertiary/aromatic N) is 5. The first-order valence-corrected chi connectivity index (χ1v) is 7.67. The number of imidazole rings is 1. The second-order valence-electron chi connectivity index (χ2n) is 5.84. The van der Waals surface area contributed by atoms with Gasteiger partial charge in [0.2, 0.25) is 0 Å².